The van der Waals surface area contributed by atoms with Gasteiger partial charge in [-0.25, -0.2) is 0 Å². The van der Waals surface area contributed by atoms with Gasteiger partial charge >= 0.3 is 172 Å². The second kappa shape index (κ2) is 8.49. The van der Waals surface area contributed by atoms with Gasteiger partial charge < -0.3 is 0 Å². The van der Waals surface area contributed by atoms with Crippen LogP contribution in [0.25, 0.3) is 10.7 Å². The Morgan fingerprint density at radius 3 is 2.90 bits per heavy atom. The van der Waals surface area contributed by atoms with E-state index in [2.05, 4.69) is 15.3 Å². The number of nitrogens with one attached hydrogen (secondary N) is 1. The van der Waals surface area contributed by atoms with E-state index >= 15 is 0 Å². The molecule has 0 spiro atoms. The zero-order valence-corrected chi connectivity index (χ0v) is 16.4. The molecule has 0 radical (unpaired) electrons. The van der Waals surface area contributed by atoms with Crippen molar-refractivity contribution in [2.24, 2.45) is 0 Å². The molecule has 0 unspecified atom stereocenters. The van der Waals surface area contributed by atoms with E-state index in [0.29, 0.717) is 36.2 Å². The van der Waals surface area contributed by atoms with Crippen molar-refractivity contribution in [3.05, 3.63) is 66.0 Å². The summed E-state index contributed by atoms with van der Waals surface area (Å²) >= 11 is 5.88. The maximum absolute atomic E-state index is 13.4. The number of hydrogen-bond donors (Lipinski definition) is 1. The molecule has 0 amide bonds. The van der Waals surface area contributed by atoms with E-state index in [9.17, 15) is 4.39 Å². The van der Waals surface area contributed by atoms with Crippen LogP contribution >= 0.6 is 11.6 Å². The van der Waals surface area contributed by atoms with Crippen LogP contribution in [0.2, 0.25) is 5.02 Å². The molecule has 9 heteroatoms. The van der Waals surface area contributed by atoms with Gasteiger partial charge in [-0.2, -0.15) is 0 Å². The van der Waals surface area contributed by atoms with Gasteiger partial charge in [0, 0.05) is 0 Å². The number of imidazole rings is 1. The molecular weight excluding hydrogens is 394 g/mol. The van der Waals surface area contributed by atoms with E-state index in [-0.39, 0.29) is 5.02 Å². The Labute approximate surface area is 172 Å². The Morgan fingerprint density at radius 2 is 2.14 bits per heavy atom. The molecule has 146 valence electrons. The van der Waals surface area contributed by atoms with Crippen LogP contribution in [0.5, 0.6) is 11.5 Å². The van der Waals surface area contributed by atoms with Gasteiger partial charge in [0.1, 0.15) is 0 Å². The van der Waals surface area contributed by atoms with Crippen LogP contribution in [-0.4, -0.2) is 35.2 Å². The Hall–Kier alpha value is -3.13. The second-order valence-corrected chi connectivity index (χ2v) is 6.69. The fraction of sp³-hybridized carbons (Fsp3) is 0.150. The normalized spacial score (nSPS) is 10.7. The third-order valence-corrected chi connectivity index (χ3v) is 4.69. The van der Waals surface area contributed by atoms with Crippen molar-refractivity contribution in [2.45, 2.75) is 6.54 Å². The SMILES string of the molecule is COc1cc2bcnc(Nc3ccc(F)c(Cl)c3)c2cc1OCCn1ccnc1. The molecule has 0 aliphatic rings. The Morgan fingerprint density at radius 1 is 1.24 bits per heavy atom. The molecule has 2 aromatic carbocycles. The fourth-order valence-corrected chi connectivity index (χ4v) is 3.12. The number of nitrogens with zero attached hydrogens (tertiary/aromatic N) is 3. The molecule has 29 heavy (non-hydrogen) atoms. The van der Waals surface area contributed by atoms with E-state index in [4.69, 9.17) is 21.1 Å². The average molecular weight is 411 g/mol. The summed E-state index contributed by atoms with van der Waals surface area (Å²) < 4.78 is 26.8. The van der Waals surface area contributed by atoms with Crippen LogP contribution in [0.15, 0.2) is 55.1 Å². The van der Waals surface area contributed by atoms with Crippen molar-refractivity contribution < 1.29 is 13.9 Å². The first-order chi connectivity index (χ1) is 14.1. The predicted molar refractivity (Wildman–Crippen MR) is 112 cm³/mol. The zero-order valence-electron chi connectivity index (χ0n) is 15.6. The molecule has 2 heterocycles. The van der Waals surface area contributed by atoms with Crippen molar-refractivity contribution >= 4 is 40.7 Å². The van der Waals surface area contributed by atoms with Crippen LogP contribution in [0.1, 0.15) is 0 Å². The number of fused-ring (bicyclic) bond motifs is 1. The fourth-order valence-electron chi connectivity index (χ4n) is 2.94. The molecule has 0 fully saturated rings. The Kier molecular flexibility index (Phi) is 5.62. The van der Waals surface area contributed by atoms with Crippen molar-refractivity contribution in [1.29, 1.82) is 0 Å². The summed E-state index contributed by atoms with van der Waals surface area (Å²) in [5, 5.41) is 4.99. The van der Waals surface area contributed by atoms with E-state index in [0.717, 1.165) is 10.7 Å². The second-order valence-electron chi connectivity index (χ2n) is 6.29. The monoisotopic (exact) mass is 410 g/mol. The molecule has 0 bridgehead atoms. The molecule has 0 aliphatic heterocycles. The number of aromatic nitrogens is 3. The number of methoxy groups -OCH3 is 1. The van der Waals surface area contributed by atoms with E-state index in [1.807, 2.05) is 29.8 Å². The third-order valence-electron chi connectivity index (χ3n) is 4.40. The Bertz CT molecular complexity index is 1140. The number of benzene rings is 2. The molecule has 0 saturated carbocycles. The quantitative estimate of drug-likeness (QED) is 0.489. The first kappa shape index (κ1) is 19.2. The maximum atomic E-state index is 13.4. The standard InChI is InChI=1S/C20H17BClFN4O2/c1-28-18-10-15-14(9-19(18)29-7-6-27-5-4-24-12-27)20(25-11-21-15)26-13-2-3-17(23)16(22)8-13/h2-5,8-12H,6-7H2,1H3,(H,25,26). The van der Waals surface area contributed by atoms with Gasteiger partial charge in [0.15, 0.2) is 0 Å². The van der Waals surface area contributed by atoms with Gasteiger partial charge in [-0.3, -0.25) is 0 Å². The predicted octanol–water partition coefficient (Wildman–Crippen LogP) is 4.39. The van der Waals surface area contributed by atoms with Gasteiger partial charge in [0.2, 0.25) is 0 Å². The summed E-state index contributed by atoms with van der Waals surface area (Å²) in [6.07, 6.45) is 7.03. The first-order valence-corrected chi connectivity index (χ1v) is 9.29. The molecule has 2 aromatic heterocycles. The minimum atomic E-state index is -0.471. The Balaban J connectivity index is 1.63. The van der Waals surface area contributed by atoms with Crippen molar-refractivity contribution in [2.75, 3.05) is 19.0 Å². The van der Waals surface area contributed by atoms with Crippen LogP contribution in [0, 0.1) is 5.82 Å². The number of rotatable bonds is 7. The van der Waals surface area contributed by atoms with Crippen LogP contribution in [0.4, 0.5) is 15.9 Å². The summed E-state index contributed by atoms with van der Waals surface area (Å²) in [5.74, 6) is 1.37. The number of ether oxygens (including phenoxy) is 2. The van der Waals surface area contributed by atoms with Gasteiger partial charge in [0.05, 0.1) is 0 Å². The van der Waals surface area contributed by atoms with Crippen molar-refractivity contribution in [3.8, 4) is 11.5 Å². The molecule has 0 atom stereocenters. The van der Waals surface area contributed by atoms with Crippen molar-refractivity contribution in [3.63, 3.8) is 0 Å². The van der Waals surface area contributed by atoms with Gasteiger partial charge in [0.25, 0.3) is 0 Å². The topological polar surface area (TPSA) is 61.2 Å². The molecule has 1 N–H and O–H groups in total. The first-order valence-electron chi connectivity index (χ1n) is 8.91. The van der Waals surface area contributed by atoms with Gasteiger partial charge in [-0.1, -0.05) is 0 Å². The van der Waals surface area contributed by atoms with E-state index in [1.54, 1.807) is 31.8 Å². The molecule has 0 saturated heterocycles. The summed E-state index contributed by atoms with van der Waals surface area (Å²) in [4.78, 5) is 8.43. The molecule has 6 nitrogen and oxygen atoms in total. The summed E-state index contributed by atoms with van der Waals surface area (Å²) in [5.41, 5.74) is 0.634. The molecule has 0 aliphatic carbocycles. The average Bonchev–Trinajstić information content (AvgIpc) is 3.24. The van der Waals surface area contributed by atoms with Gasteiger partial charge in [-0.15, -0.1) is 0 Å². The van der Waals surface area contributed by atoms with Gasteiger partial charge in [-0.05, 0) is 0 Å². The molecular formula is C20H17BClFN4O2. The number of anilines is 2. The molecule has 4 rings (SSSR count). The molecule has 4 aromatic rings. The van der Waals surface area contributed by atoms with Crippen LogP contribution in [-0.2, 0) is 6.54 Å². The summed E-state index contributed by atoms with van der Waals surface area (Å²) in [7, 11) is 1.60. The van der Waals surface area contributed by atoms with Crippen LogP contribution < -0.4 is 14.8 Å². The summed E-state index contributed by atoms with van der Waals surface area (Å²) in [6.45, 7) is 3.00. The zero-order chi connectivity index (χ0) is 20.2. The van der Waals surface area contributed by atoms with E-state index < -0.39 is 5.82 Å². The van der Waals surface area contributed by atoms with E-state index in [1.165, 1.54) is 12.1 Å². The number of halogens is 2. The number of hydrogen-bond acceptors (Lipinski definition) is 5. The third kappa shape index (κ3) is 4.32. The summed E-state index contributed by atoms with van der Waals surface area (Å²) in [6, 6.07) is 8.20. The minimum absolute atomic E-state index is 0.0421. The van der Waals surface area contributed by atoms with Crippen LogP contribution in [0.3, 0.4) is 0 Å². The van der Waals surface area contributed by atoms with Crippen molar-refractivity contribution in [1.82, 2.24) is 14.5 Å².